The molecule has 0 saturated carbocycles. The number of rotatable bonds is 6. The molecular formula is C21H25ClN2O2. The molecule has 138 valence electrons. The van der Waals surface area contributed by atoms with E-state index in [-0.39, 0.29) is 24.5 Å². The lowest BCUT2D eigenvalue weighted by Crippen LogP contribution is -2.45. The molecule has 1 amide bonds. The topological polar surface area (TPSA) is 41.6 Å². The van der Waals surface area contributed by atoms with E-state index in [9.17, 15) is 4.79 Å². The molecular weight excluding hydrogens is 348 g/mol. The van der Waals surface area contributed by atoms with Crippen LogP contribution in [0.5, 0.6) is 0 Å². The van der Waals surface area contributed by atoms with E-state index in [1.165, 1.54) is 5.56 Å². The third kappa shape index (κ3) is 4.85. The first-order valence-electron chi connectivity index (χ1n) is 8.96. The molecule has 0 aliphatic carbocycles. The number of benzene rings is 2. The molecule has 26 heavy (non-hydrogen) atoms. The number of carbonyl (C=O) groups is 1. The van der Waals surface area contributed by atoms with E-state index in [0.29, 0.717) is 5.02 Å². The summed E-state index contributed by atoms with van der Waals surface area (Å²) < 4.78 is 5.00. The standard InChI is InChI=1S/C21H25ClN2O2/c1-26-15-23-21(25)19-11-12-24(13-16-5-3-2-4-6-16)14-20(19)17-7-9-18(22)10-8-17/h2-10,19-20H,11-15H2,1H3,(H,23,25)/t19-,20-/m1/s1. The summed E-state index contributed by atoms with van der Waals surface area (Å²) in [5.74, 6) is 0.145. The lowest BCUT2D eigenvalue weighted by Gasteiger charge is -2.38. The summed E-state index contributed by atoms with van der Waals surface area (Å²) in [5.41, 5.74) is 2.45. The molecule has 1 N–H and O–H groups in total. The molecule has 2 aromatic rings. The van der Waals surface area contributed by atoms with E-state index in [1.807, 2.05) is 30.3 Å². The molecule has 1 aliphatic rings. The number of hydrogen-bond donors (Lipinski definition) is 1. The summed E-state index contributed by atoms with van der Waals surface area (Å²) >= 11 is 6.05. The van der Waals surface area contributed by atoms with E-state index >= 15 is 0 Å². The minimum Gasteiger partial charge on any atom is -0.364 e. The molecule has 2 aromatic carbocycles. The van der Waals surface area contributed by atoms with Crippen molar-refractivity contribution in [3.8, 4) is 0 Å². The average Bonchev–Trinajstić information content (AvgIpc) is 2.67. The number of nitrogens with one attached hydrogen (secondary N) is 1. The summed E-state index contributed by atoms with van der Waals surface area (Å²) in [4.78, 5) is 15.1. The van der Waals surface area contributed by atoms with Crippen molar-refractivity contribution in [1.82, 2.24) is 10.2 Å². The maximum Gasteiger partial charge on any atom is 0.225 e. The van der Waals surface area contributed by atoms with Crippen molar-refractivity contribution in [2.45, 2.75) is 18.9 Å². The van der Waals surface area contributed by atoms with Gasteiger partial charge in [0.25, 0.3) is 0 Å². The van der Waals surface area contributed by atoms with Crippen molar-refractivity contribution in [1.29, 1.82) is 0 Å². The molecule has 1 fully saturated rings. The van der Waals surface area contributed by atoms with E-state index < -0.39 is 0 Å². The molecule has 1 aliphatic heterocycles. The van der Waals surface area contributed by atoms with E-state index in [1.54, 1.807) is 7.11 Å². The lowest BCUT2D eigenvalue weighted by molar-refractivity contribution is -0.128. The summed E-state index contributed by atoms with van der Waals surface area (Å²) in [6, 6.07) is 18.3. The Bertz CT molecular complexity index is 706. The molecule has 0 radical (unpaired) electrons. The number of carbonyl (C=O) groups excluding carboxylic acids is 1. The zero-order valence-electron chi connectivity index (χ0n) is 15.0. The molecule has 0 aromatic heterocycles. The molecule has 1 heterocycles. The second kappa shape index (κ2) is 9.17. The van der Waals surface area contributed by atoms with Gasteiger partial charge in [0.1, 0.15) is 6.73 Å². The van der Waals surface area contributed by atoms with Crippen LogP contribution in [0.3, 0.4) is 0 Å². The number of hydrogen-bond acceptors (Lipinski definition) is 3. The largest absolute Gasteiger partial charge is 0.364 e. The Hall–Kier alpha value is -1.88. The normalized spacial score (nSPS) is 20.7. The molecule has 2 atom stereocenters. The molecule has 0 spiro atoms. The Morgan fingerprint density at radius 2 is 1.92 bits per heavy atom. The number of halogens is 1. The van der Waals surface area contributed by atoms with Crippen LogP contribution in [0.1, 0.15) is 23.5 Å². The highest BCUT2D eigenvalue weighted by Gasteiger charge is 2.35. The number of likely N-dealkylation sites (tertiary alicyclic amines) is 1. The van der Waals surface area contributed by atoms with Crippen molar-refractivity contribution < 1.29 is 9.53 Å². The number of methoxy groups -OCH3 is 1. The van der Waals surface area contributed by atoms with Gasteiger partial charge >= 0.3 is 0 Å². The van der Waals surface area contributed by atoms with Crippen LogP contribution in [-0.4, -0.2) is 37.7 Å². The quantitative estimate of drug-likeness (QED) is 0.787. The van der Waals surface area contributed by atoms with Gasteiger partial charge in [-0.05, 0) is 36.2 Å². The monoisotopic (exact) mass is 372 g/mol. The zero-order valence-corrected chi connectivity index (χ0v) is 15.8. The second-order valence-electron chi connectivity index (χ2n) is 6.75. The molecule has 4 nitrogen and oxygen atoms in total. The minimum atomic E-state index is -0.0571. The fourth-order valence-corrected chi connectivity index (χ4v) is 3.77. The van der Waals surface area contributed by atoms with Gasteiger partial charge in [0.2, 0.25) is 5.91 Å². The van der Waals surface area contributed by atoms with Crippen molar-refractivity contribution in [3.63, 3.8) is 0 Å². The maximum atomic E-state index is 12.6. The second-order valence-corrected chi connectivity index (χ2v) is 7.18. The lowest BCUT2D eigenvalue weighted by atomic mass is 9.80. The average molecular weight is 373 g/mol. The third-order valence-corrected chi connectivity index (χ3v) is 5.22. The van der Waals surface area contributed by atoms with Gasteiger partial charge in [-0.3, -0.25) is 9.69 Å². The van der Waals surface area contributed by atoms with Crippen molar-refractivity contribution in [2.24, 2.45) is 5.92 Å². The van der Waals surface area contributed by atoms with Crippen molar-refractivity contribution in [2.75, 3.05) is 26.9 Å². The molecule has 3 rings (SSSR count). The summed E-state index contributed by atoms with van der Waals surface area (Å²) in [7, 11) is 1.58. The predicted molar refractivity (Wildman–Crippen MR) is 104 cm³/mol. The van der Waals surface area contributed by atoms with Gasteiger partial charge in [-0.15, -0.1) is 0 Å². The first-order valence-corrected chi connectivity index (χ1v) is 9.33. The van der Waals surface area contributed by atoms with Crippen LogP contribution in [0.15, 0.2) is 54.6 Å². The van der Waals surface area contributed by atoms with Gasteiger partial charge in [0.15, 0.2) is 0 Å². The Kier molecular flexibility index (Phi) is 6.67. The summed E-state index contributed by atoms with van der Waals surface area (Å²) in [5, 5.41) is 3.59. The highest BCUT2D eigenvalue weighted by Crippen LogP contribution is 2.34. The van der Waals surface area contributed by atoms with Gasteiger partial charge in [-0.25, -0.2) is 0 Å². The highest BCUT2D eigenvalue weighted by atomic mass is 35.5. The first kappa shape index (κ1) is 18.9. The Morgan fingerprint density at radius 1 is 1.19 bits per heavy atom. The van der Waals surface area contributed by atoms with Crippen LogP contribution in [0.4, 0.5) is 0 Å². The summed E-state index contributed by atoms with van der Waals surface area (Å²) in [6.07, 6.45) is 0.829. The van der Waals surface area contributed by atoms with Gasteiger partial charge in [-0.1, -0.05) is 54.1 Å². The summed E-state index contributed by atoms with van der Waals surface area (Å²) in [6.45, 7) is 2.90. The van der Waals surface area contributed by atoms with Crippen molar-refractivity contribution >= 4 is 17.5 Å². The zero-order chi connectivity index (χ0) is 18.4. The highest BCUT2D eigenvalue weighted by molar-refractivity contribution is 6.30. The minimum absolute atomic E-state index is 0.0571. The fourth-order valence-electron chi connectivity index (χ4n) is 3.64. The van der Waals surface area contributed by atoms with Crippen LogP contribution in [0.25, 0.3) is 0 Å². The molecule has 0 bridgehead atoms. The van der Waals surface area contributed by atoms with Gasteiger partial charge in [0, 0.05) is 37.1 Å². The van der Waals surface area contributed by atoms with Gasteiger partial charge < -0.3 is 10.1 Å². The van der Waals surface area contributed by atoms with E-state index in [4.69, 9.17) is 16.3 Å². The van der Waals surface area contributed by atoms with Crippen LogP contribution >= 0.6 is 11.6 Å². The first-order chi connectivity index (χ1) is 12.7. The van der Waals surface area contributed by atoms with Gasteiger partial charge in [-0.2, -0.15) is 0 Å². The third-order valence-electron chi connectivity index (χ3n) is 4.97. The predicted octanol–water partition coefficient (Wildman–Crippen LogP) is 3.67. The van der Waals surface area contributed by atoms with Crippen LogP contribution in [0.2, 0.25) is 5.02 Å². The number of ether oxygens (including phenoxy) is 1. The van der Waals surface area contributed by atoms with E-state index in [2.05, 4.69) is 34.5 Å². The Balaban J connectivity index is 1.76. The SMILES string of the molecule is COCNC(=O)[C@@H]1CCN(Cc2ccccc2)C[C@@H]1c1ccc(Cl)cc1. The Labute approximate surface area is 160 Å². The van der Waals surface area contributed by atoms with Crippen LogP contribution in [0, 0.1) is 5.92 Å². The van der Waals surface area contributed by atoms with E-state index in [0.717, 1.165) is 31.6 Å². The van der Waals surface area contributed by atoms with Crippen molar-refractivity contribution in [3.05, 3.63) is 70.7 Å². The number of amides is 1. The van der Waals surface area contributed by atoms with Crippen LogP contribution < -0.4 is 5.32 Å². The molecule has 1 saturated heterocycles. The smallest absolute Gasteiger partial charge is 0.225 e. The number of piperidine rings is 1. The number of nitrogens with zero attached hydrogens (tertiary/aromatic N) is 1. The Morgan fingerprint density at radius 3 is 2.62 bits per heavy atom. The fraction of sp³-hybridized carbons (Fsp3) is 0.381. The maximum absolute atomic E-state index is 12.6. The van der Waals surface area contributed by atoms with Gasteiger partial charge in [0.05, 0.1) is 0 Å². The molecule has 5 heteroatoms. The van der Waals surface area contributed by atoms with Crippen LogP contribution in [-0.2, 0) is 16.1 Å². The molecule has 0 unspecified atom stereocenters.